The summed E-state index contributed by atoms with van der Waals surface area (Å²) < 4.78 is 10.2. The molecule has 0 aliphatic carbocycles. The van der Waals surface area contributed by atoms with E-state index in [0.29, 0.717) is 6.02 Å². The van der Waals surface area contributed by atoms with E-state index in [9.17, 15) is 0 Å². The topological polar surface area (TPSA) is 34.1 Å². The normalized spacial score (nSPS) is 20.2. The highest BCUT2D eigenvalue weighted by molar-refractivity contribution is 5.73. The Kier molecular flexibility index (Phi) is 3.16. The molecule has 0 amide bonds. The van der Waals surface area contributed by atoms with Crippen LogP contribution in [0.4, 0.5) is 0 Å². The molecule has 0 unspecified atom stereocenters. The van der Waals surface area contributed by atoms with E-state index in [-0.39, 0.29) is 0 Å². The Hall–Kier alpha value is -0.770. The number of ether oxygens (including phenoxy) is 2. The Labute approximate surface area is 66.8 Å². The molecule has 4 heteroatoms. The molecule has 11 heavy (non-hydrogen) atoms. The van der Waals surface area contributed by atoms with E-state index in [0.717, 1.165) is 26.3 Å². The zero-order valence-electron chi connectivity index (χ0n) is 7.04. The molecule has 0 saturated carbocycles. The van der Waals surface area contributed by atoms with Crippen molar-refractivity contribution in [3.63, 3.8) is 0 Å². The molecule has 1 aliphatic heterocycles. The molecule has 0 aromatic heterocycles. The average molecular weight is 158 g/mol. The summed E-state index contributed by atoms with van der Waals surface area (Å²) in [4.78, 5) is 6.07. The minimum atomic E-state index is 0.702. The van der Waals surface area contributed by atoms with Gasteiger partial charge in [0.2, 0.25) is 0 Å². The summed E-state index contributed by atoms with van der Waals surface area (Å²) in [6, 6.07) is 0.702. The third-order valence-corrected chi connectivity index (χ3v) is 1.66. The van der Waals surface area contributed by atoms with Gasteiger partial charge in [-0.15, -0.1) is 0 Å². The van der Waals surface area contributed by atoms with Crippen molar-refractivity contribution < 1.29 is 9.47 Å². The second-order valence-corrected chi connectivity index (χ2v) is 2.31. The van der Waals surface area contributed by atoms with E-state index < -0.39 is 0 Å². The fourth-order valence-corrected chi connectivity index (χ4v) is 1.12. The van der Waals surface area contributed by atoms with Crippen LogP contribution < -0.4 is 0 Å². The SMILES string of the molecule is C/N=C(/OC)N1CCOCC1. The van der Waals surface area contributed by atoms with Gasteiger partial charge in [-0.2, -0.15) is 0 Å². The lowest BCUT2D eigenvalue weighted by Gasteiger charge is -2.27. The maximum atomic E-state index is 5.19. The van der Waals surface area contributed by atoms with Crippen molar-refractivity contribution in [3.05, 3.63) is 0 Å². The van der Waals surface area contributed by atoms with Crippen molar-refractivity contribution in [1.29, 1.82) is 0 Å². The summed E-state index contributed by atoms with van der Waals surface area (Å²) in [5, 5.41) is 0. The zero-order chi connectivity index (χ0) is 8.10. The van der Waals surface area contributed by atoms with Crippen molar-refractivity contribution in [2.45, 2.75) is 0 Å². The molecule has 64 valence electrons. The summed E-state index contributed by atoms with van der Waals surface area (Å²) in [5.41, 5.74) is 0. The van der Waals surface area contributed by atoms with E-state index in [2.05, 4.69) is 9.89 Å². The average Bonchev–Trinajstić information content (AvgIpc) is 2.09. The number of amidine groups is 1. The Morgan fingerprint density at radius 1 is 1.45 bits per heavy atom. The first kappa shape index (κ1) is 8.33. The maximum Gasteiger partial charge on any atom is 0.286 e. The molecule has 0 aromatic rings. The smallest absolute Gasteiger partial charge is 0.286 e. The van der Waals surface area contributed by atoms with Gasteiger partial charge < -0.3 is 14.4 Å². The van der Waals surface area contributed by atoms with Crippen LogP contribution in [0.3, 0.4) is 0 Å². The van der Waals surface area contributed by atoms with Gasteiger partial charge in [0.25, 0.3) is 6.02 Å². The van der Waals surface area contributed by atoms with Crippen molar-refractivity contribution in [1.82, 2.24) is 4.90 Å². The minimum absolute atomic E-state index is 0.702. The first-order valence-electron chi connectivity index (χ1n) is 3.72. The second kappa shape index (κ2) is 4.18. The quantitative estimate of drug-likeness (QED) is 0.366. The van der Waals surface area contributed by atoms with Crippen molar-refractivity contribution in [2.75, 3.05) is 40.5 Å². The van der Waals surface area contributed by atoms with E-state index >= 15 is 0 Å². The van der Waals surface area contributed by atoms with Gasteiger partial charge in [-0.05, 0) is 0 Å². The van der Waals surface area contributed by atoms with Crippen LogP contribution in [0, 0.1) is 0 Å². The first-order chi connectivity index (χ1) is 5.38. The van der Waals surface area contributed by atoms with Crippen LogP contribution in [0.2, 0.25) is 0 Å². The lowest BCUT2D eigenvalue weighted by Crippen LogP contribution is -2.41. The van der Waals surface area contributed by atoms with Gasteiger partial charge in [-0.25, -0.2) is 4.99 Å². The van der Waals surface area contributed by atoms with Crippen LogP contribution in [0.15, 0.2) is 4.99 Å². The molecule has 0 aromatic carbocycles. The Balaban J connectivity index is 2.43. The Morgan fingerprint density at radius 2 is 2.09 bits per heavy atom. The molecule has 0 spiro atoms. The molecule has 0 bridgehead atoms. The number of hydrogen-bond acceptors (Lipinski definition) is 3. The minimum Gasteiger partial charge on any atom is -0.468 e. The van der Waals surface area contributed by atoms with Gasteiger partial charge in [-0.1, -0.05) is 0 Å². The lowest BCUT2D eigenvalue weighted by molar-refractivity contribution is 0.0579. The summed E-state index contributed by atoms with van der Waals surface area (Å²) in [6.07, 6.45) is 0. The summed E-state index contributed by atoms with van der Waals surface area (Å²) in [6.45, 7) is 3.28. The van der Waals surface area contributed by atoms with E-state index in [1.54, 1.807) is 14.2 Å². The fourth-order valence-electron chi connectivity index (χ4n) is 1.12. The molecule has 0 radical (unpaired) electrons. The van der Waals surface area contributed by atoms with Crippen LogP contribution in [-0.2, 0) is 9.47 Å². The highest BCUT2D eigenvalue weighted by atomic mass is 16.5. The van der Waals surface area contributed by atoms with E-state index in [1.807, 2.05) is 0 Å². The van der Waals surface area contributed by atoms with Crippen LogP contribution >= 0.6 is 0 Å². The molecular formula is C7H14N2O2. The standard InChI is InChI=1S/C7H14N2O2/c1-8-7(10-2)9-3-5-11-6-4-9/h3-6H2,1-2H3/b8-7+. The molecule has 1 saturated heterocycles. The molecule has 0 atom stereocenters. The molecule has 1 fully saturated rings. The highest BCUT2D eigenvalue weighted by Crippen LogP contribution is 1.98. The Bertz CT molecular complexity index is 141. The first-order valence-corrected chi connectivity index (χ1v) is 3.72. The van der Waals surface area contributed by atoms with Crippen LogP contribution in [0.25, 0.3) is 0 Å². The molecule has 1 aliphatic rings. The monoisotopic (exact) mass is 158 g/mol. The number of methoxy groups -OCH3 is 1. The zero-order valence-corrected chi connectivity index (χ0v) is 7.04. The summed E-state index contributed by atoms with van der Waals surface area (Å²) in [7, 11) is 3.37. The fraction of sp³-hybridized carbons (Fsp3) is 0.857. The van der Waals surface area contributed by atoms with Crippen molar-refractivity contribution in [3.8, 4) is 0 Å². The molecule has 0 N–H and O–H groups in total. The van der Waals surface area contributed by atoms with Gasteiger partial charge >= 0.3 is 0 Å². The third kappa shape index (κ3) is 2.08. The maximum absolute atomic E-state index is 5.19. The molecule has 1 rings (SSSR count). The number of nitrogens with zero attached hydrogens (tertiary/aromatic N) is 2. The summed E-state index contributed by atoms with van der Waals surface area (Å²) >= 11 is 0. The molecule has 1 heterocycles. The predicted octanol–water partition coefficient (Wildman–Crippen LogP) is -0.0492. The van der Waals surface area contributed by atoms with Crippen molar-refractivity contribution >= 4 is 6.02 Å². The Morgan fingerprint density at radius 3 is 2.55 bits per heavy atom. The van der Waals surface area contributed by atoms with E-state index in [1.165, 1.54) is 0 Å². The number of rotatable bonds is 0. The van der Waals surface area contributed by atoms with Crippen LogP contribution in [0.1, 0.15) is 0 Å². The number of hydrogen-bond donors (Lipinski definition) is 0. The largest absolute Gasteiger partial charge is 0.468 e. The molecular weight excluding hydrogens is 144 g/mol. The number of aliphatic imine (C=N–C) groups is 1. The number of morpholine rings is 1. The van der Waals surface area contributed by atoms with Gasteiger partial charge in [0, 0.05) is 20.1 Å². The van der Waals surface area contributed by atoms with Gasteiger partial charge in [0.1, 0.15) is 0 Å². The third-order valence-electron chi connectivity index (χ3n) is 1.66. The lowest BCUT2D eigenvalue weighted by atomic mass is 10.4. The van der Waals surface area contributed by atoms with Crippen LogP contribution in [0.5, 0.6) is 0 Å². The molecule has 4 nitrogen and oxygen atoms in total. The summed E-state index contributed by atoms with van der Waals surface area (Å²) in [5.74, 6) is 0. The highest BCUT2D eigenvalue weighted by Gasteiger charge is 2.13. The second-order valence-electron chi connectivity index (χ2n) is 2.31. The van der Waals surface area contributed by atoms with E-state index in [4.69, 9.17) is 9.47 Å². The van der Waals surface area contributed by atoms with Crippen molar-refractivity contribution in [2.24, 2.45) is 4.99 Å². The predicted molar refractivity (Wildman–Crippen MR) is 42.8 cm³/mol. The van der Waals surface area contributed by atoms with Crippen LogP contribution in [-0.4, -0.2) is 51.4 Å². The van der Waals surface area contributed by atoms with Gasteiger partial charge in [0.05, 0.1) is 20.3 Å². The van der Waals surface area contributed by atoms with Gasteiger partial charge in [-0.3, -0.25) is 0 Å². The van der Waals surface area contributed by atoms with Gasteiger partial charge in [0.15, 0.2) is 0 Å².